The van der Waals surface area contributed by atoms with Crippen LogP contribution in [0.4, 0.5) is 0 Å². The van der Waals surface area contributed by atoms with Crippen LogP contribution < -0.4 is 5.19 Å². The first kappa shape index (κ1) is 18.3. The maximum atomic E-state index is 7.42. The Balaban J connectivity index is 1.95. The predicted octanol–water partition coefficient (Wildman–Crippen LogP) is 6.51. The minimum Gasteiger partial charge on any atom is -0.156 e. The van der Waals surface area contributed by atoms with Crippen LogP contribution in [0.3, 0.4) is 0 Å². The fraction of sp³-hybridized carbons (Fsp3) is 0.619. The number of hydrogen-bond acceptors (Lipinski definition) is 0. The molecular formula is C21H32BClSi. The van der Waals surface area contributed by atoms with E-state index in [4.69, 9.17) is 11.1 Å². The Morgan fingerprint density at radius 3 is 2.25 bits per heavy atom. The maximum Gasteiger partial charge on any atom is 0.201 e. The molecule has 2 bridgehead atoms. The molecule has 0 nitrogen and oxygen atoms in total. The van der Waals surface area contributed by atoms with Crippen molar-refractivity contribution in [3.05, 3.63) is 41.5 Å². The molecule has 0 aliphatic carbocycles. The molecule has 2 aliphatic rings. The molecule has 0 radical (unpaired) electrons. The summed E-state index contributed by atoms with van der Waals surface area (Å²) in [6.45, 7) is 5.45. The lowest BCUT2D eigenvalue weighted by Gasteiger charge is -2.44. The van der Waals surface area contributed by atoms with Crippen molar-refractivity contribution in [3.8, 4) is 0 Å². The molecule has 1 aromatic rings. The normalized spacial score (nSPS) is 27.0. The van der Waals surface area contributed by atoms with Gasteiger partial charge in [-0.15, -0.1) is 0 Å². The summed E-state index contributed by atoms with van der Waals surface area (Å²) < 4.78 is 0. The largest absolute Gasteiger partial charge is 0.201 e. The SMILES string of the molecule is CCCC/C=C(/B1C2CCCC1CCC2)[Si@](C)(Cl)c1ccccc1. The van der Waals surface area contributed by atoms with Gasteiger partial charge in [0.25, 0.3) is 0 Å². The van der Waals surface area contributed by atoms with E-state index in [1.54, 1.807) is 5.10 Å². The van der Waals surface area contributed by atoms with Crippen molar-refractivity contribution in [1.82, 2.24) is 0 Å². The summed E-state index contributed by atoms with van der Waals surface area (Å²) >= 11 is 7.42. The quantitative estimate of drug-likeness (QED) is 0.309. The Bertz CT molecular complexity index is 532. The first-order valence-electron chi connectivity index (χ1n) is 10.1. The van der Waals surface area contributed by atoms with E-state index in [9.17, 15) is 0 Å². The van der Waals surface area contributed by atoms with Crippen molar-refractivity contribution < 1.29 is 0 Å². The van der Waals surface area contributed by atoms with Crippen LogP contribution in [-0.2, 0) is 0 Å². The Labute approximate surface area is 154 Å². The summed E-state index contributed by atoms with van der Waals surface area (Å²) in [5.74, 6) is 1.80. The molecule has 1 atom stereocenters. The van der Waals surface area contributed by atoms with Gasteiger partial charge in [0.15, 0.2) is 6.71 Å². The van der Waals surface area contributed by atoms with E-state index in [2.05, 4.69) is 49.9 Å². The van der Waals surface area contributed by atoms with Crippen LogP contribution in [0.1, 0.15) is 64.7 Å². The van der Waals surface area contributed by atoms with Gasteiger partial charge in [-0.3, -0.25) is 0 Å². The van der Waals surface area contributed by atoms with Crippen LogP contribution in [0.15, 0.2) is 41.5 Å². The summed E-state index contributed by atoms with van der Waals surface area (Å²) in [5, 5.41) is 3.08. The molecule has 3 heteroatoms. The van der Waals surface area contributed by atoms with Crippen molar-refractivity contribution in [2.24, 2.45) is 0 Å². The Morgan fingerprint density at radius 1 is 1.12 bits per heavy atom. The Morgan fingerprint density at radius 2 is 1.71 bits per heavy atom. The number of allylic oxidation sites excluding steroid dienone is 1. The van der Waals surface area contributed by atoms with Crippen LogP contribution in [-0.4, -0.2) is 14.1 Å². The molecule has 0 saturated carbocycles. The second-order valence-corrected chi connectivity index (χ2v) is 13.5. The van der Waals surface area contributed by atoms with Gasteiger partial charge in [0.2, 0.25) is 7.38 Å². The highest BCUT2D eigenvalue weighted by Crippen LogP contribution is 2.50. The van der Waals surface area contributed by atoms with Gasteiger partial charge in [-0.25, -0.2) is 0 Å². The standard InChI is InChI=1S/C21H32BClSi/c1-3-4-6-17-21(24(2,23)20-15-7-5-8-16-20)22-18-11-9-12-19(22)14-10-13-18/h5,7-8,15-19H,3-4,6,9-14H2,1-2H3/b21-17-/t18?,19?,24-/m1/s1. The van der Waals surface area contributed by atoms with Gasteiger partial charge < -0.3 is 0 Å². The molecule has 2 heterocycles. The van der Waals surface area contributed by atoms with Gasteiger partial charge in [-0.1, -0.05) is 111 Å². The van der Waals surface area contributed by atoms with E-state index in [0.29, 0.717) is 0 Å². The summed E-state index contributed by atoms with van der Waals surface area (Å²) in [6, 6.07) is 11.0. The maximum absolute atomic E-state index is 7.42. The summed E-state index contributed by atoms with van der Waals surface area (Å²) in [4.78, 5) is 0. The molecule has 2 saturated heterocycles. The molecule has 2 fully saturated rings. The second kappa shape index (κ2) is 8.27. The number of halogens is 1. The van der Waals surface area contributed by atoms with Crippen molar-refractivity contribution in [2.75, 3.05) is 0 Å². The minimum absolute atomic E-state index is 0.777. The lowest BCUT2D eigenvalue weighted by Crippen LogP contribution is -2.51. The average Bonchev–Trinajstić information content (AvgIpc) is 2.59. The Hall–Kier alpha value is -0.468. The highest BCUT2D eigenvalue weighted by Gasteiger charge is 2.47. The van der Waals surface area contributed by atoms with Crippen molar-refractivity contribution in [3.63, 3.8) is 0 Å². The third kappa shape index (κ3) is 3.85. The number of unbranched alkanes of at least 4 members (excludes halogenated alkanes) is 2. The first-order valence-corrected chi connectivity index (χ1v) is 13.6. The molecule has 0 unspecified atom stereocenters. The fourth-order valence-electron chi connectivity index (χ4n) is 5.20. The van der Waals surface area contributed by atoms with E-state index >= 15 is 0 Å². The highest BCUT2D eigenvalue weighted by atomic mass is 35.6. The fourth-order valence-corrected chi connectivity index (χ4v) is 8.97. The van der Waals surface area contributed by atoms with Gasteiger partial charge in [0.05, 0.1) is 0 Å². The molecular weight excluding hydrogens is 327 g/mol. The molecule has 3 rings (SSSR count). The lowest BCUT2D eigenvalue weighted by atomic mass is 9.27. The molecule has 0 spiro atoms. The zero-order chi connectivity index (χ0) is 17.0. The molecule has 1 aromatic carbocycles. The number of fused-ring (bicyclic) bond motifs is 2. The smallest absolute Gasteiger partial charge is 0.156 e. The van der Waals surface area contributed by atoms with Crippen LogP contribution in [0.5, 0.6) is 0 Å². The molecule has 2 aliphatic heterocycles. The van der Waals surface area contributed by atoms with E-state index in [1.807, 2.05) is 0 Å². The first-order chi connectivity index (χ1) is 11.6. The zero-order valence-corrected chi connectivity index (χ0v) is 17.2. The molecule has 130 valence electrons. The number of benzene rings is 1. The number of rotatable bonds is 6. The van der Waals surface area contributed by atoms with E-state index in [-0.39, 0.29) is 0 Å². The van der Waals surface area contributed by atoms with Crippen LogP contribution >= 0.6 is 11.1 Å². The number of hydrogen-bond donors (Lipinski definition) is 0. The van der Waals surface area contributed by atoms with Gasteiger partial charge in [-0.05, 0) is 18.2 Å². The second-order valence-electron chi connectivity index (χ2n) is 8.08. The predicted molar refractivity (Wildman–Crippen MR) is 112 cm³/mol. The van der Waals surface area contributed by atoms with Crippen LogP contribution in [0.25, 0.3) is 0 Å². The Kier molecular flexibility index (Phi) is 6.32. The molecule has 0 amide bonds. The summed E-state index contributed by atoms with van der Waals surface area (Å²) in [7, 11) is -2.08. The lowest BCUT2D eigenvalue weighted by molar-refractivity contribution is 0.446. The van der Waals surface area contributed by atoms with Gasteiger partial charge in [0, 0.05) is 0 Å². The molecule has 0 N–H and O–H groups in total. The third-order valence-corrected chi connectivity index (χ3v) is 10.8. The minimum atomic E-state index is -2.08. The highest BCUT2D eigenvalue weighted by molar-refractivity contribution is 7.34. The third-order valence-electron chi connectivity index (χ3n) is 6.45. The zero-order valence-electron chi connectivity index (χ0n) is 15.4. The van der Waals surface area contributed by atoms with E-state index in [0.717, 1.165) is 18.3 Å². The van der Waals surface area contributed by atoms with E-state index < -0.39 is 7.38 Å². The van der Waals surface area contributed by atoms with Crippen molar-refractivity contribution in [1.29, 1.82) is 0 Å². The van der Waals surface area contributed by atoms with Crippen LogP contribution in [0.2, 0.25) is 18.2 Å². The average molecular weight is 359 g/mol. The topological polar surface area (TPSA) is 0 Å². The van der Waals surface area contributed by atoms with Gasteiger partial charge >= 0.3 is 0 Å². The van der Waals surface area contributed by atoms with E-state index in [1.165, 1.54) is 63.0 Å². The van der Waals surface area contributed by atoms with Gasteiger partial charge in [0.1, 0.15) is 0 Å². The summed E-state index contributed by atoms with van der Waals surface area (Å²) in [6.07, 6.45) is 15.0. The molecule has 24 heavy (non-hydrogen) atoms. The van der Waals surface area contributed by atoms with Crippen molar-refractivity contribution in [2.45, 2.75) is 82.9 Å². The van der Waals surface area contributed by atoms with Crippen molar-refractivity contribution >= 4 is 30.4 Å². The summed E-state index contributed by atoms with van der Waals surface area (Å²) in [5.41, 5.74) is 0. The van der Waals surface area contributed by atoms with Gasteiger partial charge in [-0.2, -0.15) is 11.1 Å². The monoisotopic (exact) mass is 358 g/mol. The van der Waals surface area contributed by atoms with Crippen LogP contribution in [0, 0.1) is 0 Å². The molecule has 0 aromatic heterocycles.